The van der Waals surface area contributed by atoms with E-state index < -0.39 is 10.0 Å². The Hall–Kier alpha value is -1.21. The van der Waals surface area contributed by atoms with Crippen LogP contribution in [0.15, 0.2) is 57.9 Å². The number of nitrogens with one attached hydrogen (secondary N) is 1. The lowest BCUT2D eigenvalue weighted by Crippen LogP contribution is -2.23. The molecule has 0 aromatic heterocycles. The maximum absolute atomic E-state index is 12.3. The number of hydrogen-bond acceptors (Lipinski definition) is 3. The van der Waals surface area contributed by atoms with Gasteiger partial charge in [0, 0.05) is 17.6 Å². The minimum Gasteiger partial charge on any atom is -0.377 e. The highest BCUT2D eigenvalue weighted by molar-refractivity contribution is 9.10. The Labute approximate surface area is 139 Å². The molecule has 118 valence electrons. The van der Waals surface area contributed by atoms with E-state index in [2.05, 4.69) is 20.7 Å². The van der Waals surface area contributed by atoms with E-state index in [0.717, 1.165) is 11.1 Å². The summed E-state index contributed by atoms with van der Waals surface area (Å²) >= 11 is 3.26. The Morgan fingerprint density at radius 3 is 2.32 bits per heavy atom. The average Bonchev–Trinajstić information content (AvgIpc) is 2.52. The van der Waals surface area contributed by atoms with E-state index in [1.54, 1.807) is 24.3 Å². The third-order valence-corrected chi connectivity index (χ3v) is 5.50. The maximum Gasteiger partial charge on any atom is 0.241 e. The van der Waals surface area contributed by atoms with Gasteiger partial charge in [-0.3, -0.25) is 0 Å². The molecular formula is C16H18BrNO3S. The van der Waals surface area contributed by atoms with Crippen molar-refractivity contribution >= 4 is 26.0 Å². The lowest BCUT2D eigenvalue weighted by Gasteiger charge is -2.09. The van der Waals surface area contributed by atoms with Crippen molar-refractivity contribution in [3.05, 3.63) is 64.1 Å². The molecular weight excluding hydrogens is 366 g/mol. The summed E-state index contributed by atoms with van der Waals surface area (Å²) in [4.78, 5) is 0.239. The number of benzene rings is 2. The number of halogens is 1. The van der Waals surface area contributed by atoms with Gasteiger partial charge in [0.05, 0.1) is 11.5 Å². The monoisotopic (exact) mass is 383 g/mol. The first kappa shape index (κ1) is 17.1. The Bertz CT molecular complexity index is 714. The standard InChI is InChI=1S/C16H18BrNO3S/c1-2-21-12-14-9-7-13(8-10-14)11-18-22(19,20)16-6-4-3-5-15(16)17/h3-10,18H,2,11-12H2,1H3. The van der Waals surface area contributed by atoms with Crippen LogP contribution in [0.5, 0.6) is 0 Å². The van der Waals surface area contributed by atoms with Gasteiger partial charge in [-0.15, -0.1) is 0 Å². The van der Waals surface area contributed by atoms with Gasteiger partial charge in [0.2, 0.25) is 10.0 Å². The SMILES string of the molecule is CCOCc1ccc(CNS(=O)(=O)c2ccccc2Br)cc1. The van der Waals surface area contributed by atoms with Gasteiger partial charge in [-0.1, -0.05) is 36.4 Å². The summed E-state index contributed by atoms with van der Waals surface area (Å²) in [6.45, 7) is 3.44. The highest BCUT2D eigenvalue weighted by Gasteiger charge is 2.16. The van der Waals surface area contributed by atoms with Crippen LogP contribution in [-0.4, -0.2) is 15.0 Å². The first-order valence-electron chi connectivity index (χ1n) is 6.92. The summed E-state index contributed by atoms with van der Waals surface area (Å²) < 4.78 is 33.0. The minimum absolute atomic E-state index is 0.239. The number of sulfonamides is 1. The van der Waals surface area contributed by atoms with E-state index in [1.165, 1.54) is 0 Å². The van der Waals surface area contributed by atoms with Crippen LogP contribution in [0.3, 0.4) is 0 Å². The molecule has 0 bridgehead atoms. The fraction of sp³-hybridized carbons (Fsp3) is 0.250. The Kier molecular flexibility index (Phi) is 6.14. The molecule has 2 rings (SSSR count). The van der Waals surface area contributed by atoms with Crippen molar-refractivity contribution in [3.8, 4) is 0 Å². The summed E-state index contributed by atoms with van der Waals surface area (Å²) in [6, 6.07) is 14.4. The molecule has 0 spiro atoms. The molecule has 0 aliphatic heterocycles. The zero-order valence-corrected chi connectivity index (χ0v) is 14.7. The molecule has 0 saturated heterocycles. The molecule has 0 radical (unpaired) electrons. The second-order valence-corrected chi connectivity index (χ2v) is 7.30. The highest BCUT2D eigenvalue weighted by Crippen LogP contribution is 2.21. The highest BCUT2D eigenvalue weighted by atomic mass is 79.9. The quantitative estimate of drug-likeness (QED) is 0.796. The third-order valence-electron chi connectivity index (χ3n) is 3.09. The van der Waals surface area contributed by atoms with Gasteiger partial charge in [-0.2, -0.15) is 0 Å². The van der Waals surface area contributed by atoms with Gasteiger partial charge >= 0.3 is 0 Å². The predicted molar refractivity (Wildman–Crippen MR) is 89.9 cm³/mol. The number of rotatable bonds is 7. The fourth-order valence-corrected chi connectivity index (χ4v) is 3.91. The second kappa shape index (κ2) is 7.87. The van der Waals surface area contributed by atoms with Crippen LogP contribution in [0.1, 0.15) is 18.1 Å². The molecule has 0 aliphatic rings. The molecule has 1 N–H and O–H groups in total. The molecule has 0 unspecified atom stereocenters. The van der Waals surface area contributed by atoms with Crippen LogP contribution in [0.2, 0.25) is 0 Å². The van der Waals surface area contributed by atoms with Crippen molar-refractivity contribution in [3.63, 3.8) is 0 Å². The van der Waals surface area contributed by atoms with Gasteiger partial charge in [0.1, 0.15) is 0 Å². The van der Waals surface area contributed by atoms with E-state index in [1.807, 2.05) is 31.2 Å². The number of hydrogen-bond donors (Lipinski definition) is 1. The van der Waals surface area contributed by atoms with Crippen LogP contribution in [0.4, 0.5) is 0 Å². The smallest absolute Gasteiger partial charge is 0.241 e. The van der Waals surface area contributed by atoms with Crippen molar-refractivity contribution in [1.29, 1.82) is 0 Å². The fourth-order valence-electron chi connectivity index (χ4n) is 1.89. The molecule has 0 aliphatic carbocycles. The van der Waals surface area contributed by atoms with Gasteiger partial charge < -0.3 is 4.74 Å². The van der Waals surface area contributed by atoms with Crippen molar-refractivity contribution in [2.24, 2.45) is 0 Å². The zero-order chi connectivity index (χ0) is 16.0. The first-order chi connectivity index (χ1) is 10.5. The molecule has 2 aromatic rings. The van der Waals surface area contributed by atoms with E-state index in [-0.39, 0.29) is 11.4 Å². The topological polar surface area (TPSA) is 55.4 Å². The lowest BCUT2D eigenvalue weighted by atomic mass is 10.1. The summed E-state index contributed by atoms with van der Waals surface area (Å²) in [6.07, 6.45) is 0. The number of ether oxygens (including phenoxy) is 1. The molecule has 6 heteroatoms. The molecule has 0 heterocycles. The summed E-state index contributed by atoms with van der Waals surface area (Å²) in [5, 5.41) is 0. The van der Waals surface area contributed by atoms with Gasteiger partial charge in [-0.25, -0.2) is 13.1 Å². The molecule has 0 saturated carbocycles. The first-order valence-corrected chi connectivity index (χ1v) is 9.20. The zero-order valence-electron chi connectivity index (χ0n) is 12.3. The maximum atomic E-state index is 12.3. The summed E-state index contributed by atoms with van der Waals surface area (Å²) in [5.41, 5.74) is 1.97. The van der Waals surface area contributed by atoms with Crippen molar-refractivity contribution in [2.45, 2.75) is 25.0 Å². The van der Waals surface area contributed by atoms with Gasteiger partial charge in [-0.05, 0) is 46.1 Å². The molecule has 2 aromatic carbocycles. The summed E-state index contributed by atoms with van der Waals surface area (Å²) in [5.74, 6) is 0. The molecule has 4 nitrogen and oxygen atoms in total. The van der Waals surface area contributed by atoms with Crippen LogP contribution >= 0.6 is 15.9 Å². The second-order valence-electron chi connectivity index (χ2n) is 4.71. The van der Waals surface area contributed by atoms with Gasteiger partial charge in [0.15, 0.2) is 0 Å². The van der Waals surface area contributed by atoms with E-state index >= 15 is 0 Å². The third kappa shape index (κ3) is 4.64. The van der Waals surface area contributed by atoms with Crippen LogP contribution in [0, 0.1) is 0 Å². The lowest BCUT2D eigenvalue weighted by molar-refractivity contribution is 0.134. The predicted octanol–water partition coefficient (Wildman–Crippen LogP) is 3.46. The molecule has 22 heavy (non-hydrogen) atoms. The average molecular weight is 384 g/mol. The molecule has 0 amide bonds. The van der Waals surface area contributed by atoms with Crippen LogP contribution < -0.4 is 4.72 Å². The van der Waals surface area contributed by atoms with Gasteiger partial charge in [0.25, 0.3) is 0 Å². The summed E-state index contributed by atoms with van der Waals surface area (Å²) in [7, 11) is -3.54. The van der Waals surface area contributed by atoms with Crippen molar-refractivity contribution in [2.75, 3.05) is 6.61 Å². The molecule has 0 fully saturated rings. The van der Waals surface area contributed by atoms with E-state index in [9.17, 15) is 8.42 Å². The Balaban J connectivity index is 2.02. The largest absolute Gasteiger partial charge is 0.377 e. The van der Waals surface area contributed by atoms with E-state index in [0.29, 0.717) is 17.7 Å². The molecule has 0 atom stereocenters. The van der Waals surface area contributed by atoms with Crippen LogP contribution in [0.25, 0.3) is 0 Å². The van der Waals surface area contributed by atoms with E-state index in [4.69, 9.17) is 4.74 Å². The Morgan fingerprint density at radius 2 is 1.68 bits per heavy atom. The Morgan fingerprint density at radius 1 is 1.05 bits per heavy atom. The van der Waals surface area contributed by atoms with Crippen LogP contribution in [-0.2, 0) is 27.9 Å². The normalized spacial score (nSPS) is 11.5. The van der Waals surface area contributed by atoms with Crippen molar-refractivity contribution < 1.29 is 13.2 Å². The minimum atomic E-state index is -3.54. The van der Waals surface area contributed by atoms with Crippen molar-refractivity contribution in [1.82, 2.24) is 4.72 Å².